The maximum atomic E-state index is 5.43. The van der Waals surface area contributed by atoms with Crippen molar-refractivity contribution in [1.82, 2.24) is 15.3 Å². The molecular formula is C18H17N3O2S. The molecule has 0 saturated heterocycles. The smallest absolute Gasteiger partial charge is 0.231 e. The van der Waals surface area contributed by atoms with Crippen LogP contribution in [-0.4, -0.2) is 16.8 Å². The van der Waals surface area contributed by atoms with Gasteiger partial charge in [-0.3, -0.25) is 4.98 Å². The molecule has 0 bridgehead atoms. The third kappa shape index (κ3) is 3.11. The summed E-state index contributed by atoms with van der Waals surface area (Å²) in [6, 6.07) is 12.1. The summed E-state index contributed by atoms with van der Waals surface area (Å²) < 4.78 is 10.8. The Hall–Kier alpha value is -2.44. The van der Waals surface area contributed by atoms with Crippen LogP contribution in [0.4, 0.5) is 0 Å². The quantitative estimate of drug-likeness (QED) is 0.766. The lowest BCUT2D eigenvalue weighted by molar-refractivity contribution is 0.174. The molecule has 1 atom stereocenters. The fourth-order valence-corrected chi connectivity index (χ4v) is 3.36. The van der Waals surface area contributed by atoms with Crippen LogP contribution in [-0.2, 0) is 6.54 Å². The zero-order valence-electron chi connectivity index (χ0n) is 13.2. The Kier molecular flexibility index (Phi) is 4.15. The number of rotatable bonds is 5. The van der Waals surface area contributed by atoms with E-state index in [4.69, 9.17) is 14.5 Å². The van der Waals surface area contributed by atoms with E-state index in [0.29, 0.717) is 6.54 Å². The van der Waals surface area contributed by atoms with Gasteiger partial charge in [-0.1, -0.05) is 6.07 Å². The summed E-state index contributed by atoms with van der Waals surface area (Å²) in [4.78, 5) is 9.08. The number of aromatic nitrogens is 2. The van der Waals surface area contributed by atoms with Crippen LogP contribution in [0.3, 0.4) is 0 Å². The number of ether oxygens (including phenoxy) is 2. The average Bonchev–Trinajstić information content (AvgIpc) is 3.29. The van der Waals surface area contributed by atoms with Crippen LogP contribution in [0.2, 0.25) is 0 Å². The third-order valence-electron chi connectivity index (χ3n) is 3.89. The number of nitrogens with one attached hydrogen (secondary N) is 1. The van der Waals surface area contributed by atoms with E-state index in [1.54, 1.807) is 11.3 Å². The van der Waals surface area contributed by atoms with E-state index in [-0.39, 0.29) is 12.8 Å². The molecular weight excluding hydrogens is 322 g/mol. The first-order chi connectivity index (χ1) is 11.8. The Bertz CT molecular complexity index is 835. The summed E-state index contributed by atoms with van der Waals surface area (Å²) in [6.07, 6.45) is 1.81. The monoisotopic (exact) mass is 339 g/mol. The second-order valence-corrected chi connectivity index (χ2v) is 6.43. The lowest BCUT2D eigenvalue weighted by Crippen LogP contribution is -2.19. The molecule has 0 fully saturated rings. The maximum Gasteiger partial charge on any atom is 0.231 e. The SMILES string of the molecule is C[C@@H](NCc1csc(-c2ccc3c(c2)OCO3)n1)c1ccccn1. The molecule has 5 nitrogen and oxygen atoms in total. The minimum atomic E-state index is 0.182. The number of thiazole rings is 1. The molecule has 0 aliphatic carbocycles. The standard InChI is InChI=1S/C18H17N3O2S/c1-12(15-4-2-3-7-19-15)20-9-14-10-24-18(21-14)13-5-6-16-17(8-13)23-11-22-16/h2-8,10,12,20H,9,11H2,1H3/t12-/m1/s1. The average molecular weight is 339 g/mol. The fourth-order valence-electron chi connectivity index (χ4n) is 2.54. The zero-order valence-corrected chi connectivity index (χ0v) is 14.0. The van der Waals surface area contributed by atoms with E-state index in [1.807, 2.05) is 42.6 Å². The van der Waals surface area contributed by atoms with Crippen LogP contribution < -0.4 is 14.8 Å². The van der Waals surface area contributed by atoms with Crippen molar-refractivity contribution in [1.29, 1.82) is 0 Å². The lowest BCUT2D eigenvalue weighted by Gasteiger charge is -2.11. The number of benzene rings is 1. The highest BCUT2D eigenvalue weighted by Crippen LogP contribution is 2.36. The maximum absolute atomic E-state index is 5.43. The van der Waals surface area contributed by atoms with Crippen LogP contribution in [0.5, 0.6) is 11.5 Å². The number of hydrogen-bond donors (Lipinski definition) is 1. The molecule has 122 valence electrons. The highest BCUT2D eigenvalue weighted by Gasteiger charge is 2.15. The van der Waals surface area contributed by atoms with Crippen molar-refractivity contribution in [2.24, 2.45) is 0 Å². The summed E-state index contributed by atoms with van der Waals surface area (Å²) in [6.45, 7) is 3.10. The van der Waals surface area contributed by atoms with Crippen molar-refractivity contribution in [2.45, 2.75) is 19.5 Å². The highest BCUT2D eigenvalue weighted by atomic mass is 32.1. The zero-order chi connectivity index (χ0) is 16.4. The molecule has 0 saturated carbocycles. The van der Waals surface area contributed by atoms with Gasteiger partial charge < -0.3 is 14.8 Å². The Morgan fingerprint density at radius 3 is 3.00 bits per heavy atom. The molecule has 0 amide bonds. The first-order valence-electron chi connectivity index (χ1n) is 7.78. The fraction of sp³-hybridized carbons (Fsp3) is 0.222. The van der Waals surface area contributed by atoms with Gasteiger partial charge in [-0.15, -0.1) is 11.3 Å². The summed E-state index contributed by atoms with van der Waals surface area (Å²) in [5, 5.41) is 6.52. The van der Waals surface area contributed by atoms with Gasteiger partial charge in [0.15, 0.2) is 11.5 Å². The summed E-state index contributed by atoms with van der Waals surface area (Å²) in [5.74, 6) is 1.58. The van der Waals surface area contributed by atoms with Crippen molar-refractivity contribution in [3.8, 4) is 22.1 Å². The topological polar surface area (TPSA) is 56.3 Å². The van der Waals surface area contributed by atoms with E-state index in [2.05, 4.69) is 22.6 Å². The van der Waals surface area contributed by atoms with Crippen LogP contribution in [0.25, 0.3) is 10.6 Å². The first kappa shape index (κ1) is 15.1. The van der Waals surface area contributed by atoms with Crippen LogP contribution in [0, 0.1) is 0 Å². The van der Waals surface area contributed by atoms with E-state index in [9.17, 15) is 0 Å². The van der Waals surface area contributed by atoms with Crippen molar-refractivity contribution in [3.05, 3.63) is 59.4 Å². The predicted molar refractivity (Wildman–Crippen MR) is 93.2 cm³/mol. The second-order valence-electron chi connectivity index (χ2n) is 5.57. The minimum absolute atomic E-state index is 0.182. The van der Waals surface area contributed by atoms with Gasteiger partial charge in [0, 0.05) is 29.7 Å². The Labute approximate surface area is 144 Å². The number of pyridine rings is 1. The Morgan fingerprint density at radius 2 is 2.12 bits per heavy atom. The van der Waals surface area contributed by atoms with Gasteiger partial charge in [-0.2, -0.15) is 0 Å². The third-order valence-corrected chi connectivity index (χ3v) is 4.83. The predicted octanol–water partition coefficient (Wildman–Crippen LogP) is 3.78. The van der Waals surface area contributed by atoms with E-state index < -0.39 is 0 Å². The molecule has 4 rings (SSSR count). The van der Waals surface area contributed by atoms with E-state index >= 15 is 0 Å². The molecule has 1 aliphatic heterocycles. The first-order valence-corrected chi connectivity index (χ1v) is 8.66. The van der Waals surface area contributed by atoms with Gasteiger partial charge in [-0.25, -0.2) is 4.98 Å². The number of hydrogen-bond acceptors (Lipinski definition) is 6. The number of fused-ring (bicyclic) bond motifs is 1. The molecule has 1 aromatic carbocycles. The lowest BCUT2D eigenvalue weighted by atomic mass is 10.2. The molecule has 1 aliphatic rings. The molecule has 1 N–H and O–H groups in total. The van der Waals surface area contributed by atoms with Crippen LogP contribution in [0.15, 0.2) is 48.0 Å². The van der Waals surface area contributed by atoms with Gasteiger partial charge in [0.1, 0.15) is 5.01 Å². The summed E-state index contributed by atoms with van der Waals surface area (Å²) >= 11 is 1.63. The van der Waals surface area contributed by atoms with Gasteiger partial charge in [0.05, 0.1) is 11.4 Å². The van der Waals surface area contributed by atoms with Crippen LogP contribution in [0.1, 0.15) is 24.4 Å². The van der Waals surface area contributed by atoms with Crippen LogP contribution >= 0.6 is 11.3 Å². The molecule has 0 spiro atoms. The molecule has 2 aromatic heterocycles. The Balaban J connectivity index is 1.43. The van der Waals surface area contributed by atoms with Gasteiger partial charge in [-0.05, 0) is 37.3 Å². The normalized spacial score (nSPS) is 13.9. The Morgan fingerprint density at radius 1 is 1.21 bits per heavy atom. The van der Waals surface area contributed by atoms with Gasteiger partial charge >= 0.3 is 0 Å². The van der Waals surface area contributed by atoms with Crippen molar-refractivity contribution < 1.29 is 9.47 Å². The van der Waals surface area contributed by atoms with Crippen molar-refractivity contribution >= 4 is 11.3 Å². The van der Waals surface area contributed by atoms with Gasteiger partial charge in [0.2, 0.25) is 6.79 Å². The van der Waals surface area contributed by atoms with Gasteiger partial charge in [0.25, 0.3) is 0 Å². The highest BCUT2D eigenvalue weighted by molar-refractivity contribution is 7.13. The number of nitrogens with zero attached hydrogens (tertiary/aromatic N) is 2. The molecule has 6 heteroatoms. The summed E-state index contributed by atoms with van der Waals surface area (Å²) in [7, 11) is 0. The van der Waals surface area contributed by atoms with E-state index in [1.165, 1.54) is 0 Å². The van der Waals surface area contributed by atoms with Crippen molar-refractivity contribution in [2.75, 3.05) is 6.79 Å². The minimum Gasteiger partial charge on any atom is -0.454 e. The molecule has 0 radical (unpaired) electrons. The molecule has 0 unspecified atom stereocenters. The van der Waals surface area contributed by atoms with Crippen molar-refractivity contribution in [3.63, 3.8) is 0 Å². The molecule has 3 heterocycles. The van der Waals surface area contributed by atoms with E-state index in [0.717, 1.165) is 33.5 Å². The molecule has 24 heavy (non-hydrogen) atoms. The largest absolute Gasteiger partial charge is 0.454 e. The molecule has 3 aromatic rings. The second kappa shape index (κ2) is 6.59. The summed E-state index contributed by atoms with van der Waals surface area (Å²) in [5.41, 5.74) is 3.10.